The number of rotatable bonds is 6. The maximum atomic E-state index is 13.0. The number of hydrogen-bond acceptors (Lipinski definition) is 6. The Kier molecular flexibility index (Phi) is 7.05. The molecule has 1 aromatic heterocycles. The van der Waals surface area contributed by atoms with E-state index in [9.17, 15) is 9.59 Å². The number of nitrogens with one attached hydrogen (secondary N) is 2. The first-order chi connectivity index (χ1) is 18.2. The topological polar surface area (TPSA) is 65.3 Å². The molecule has 2 N–H and O–H groups in total. The molecule has 5 rings (SSSR count). The predicted octanol–water partition coefficient (Wildman–Crippen LogP) is 6.46. The molecular weight excluding hydrogens is 536 g/mol. The third-order valence-electron chi connectivity index (χ3n) is 6.41. The average molecular weight is 562 g/mol. The van der Waals surface area contributed by atoms with Crippen LogP contribution < -0.4 is 20.1 Å². The lowest BCUT2D eigenvalue weighted by molar-refractivity contribution is -0.642. The van der Waals surface area contributed by atoms with Gasteiger partial charge in [0.05, 0.1) is 22.5 Å². The summed E-state index contributed by atoms with van der Waals surface area (Å²) in [6, 6.07) is 18.0. The molecular formula is C29H26ClN4O2S2+. The highest BCUT2D eigenvalue weighted by Crippen LogP contribution is 2.46. The predicted molar refractivity (Wildman–Crippen MR) is 159 cm³/mol. The quantitative estimate of drug-likeness (QED) is 0.161. The minimum Gasteiger partial charge on any atom is -0.388 e. The fourth-order valence-corrected chi connectivity index (χ4v) is 6.78. The number of carbonyl (C=O) groups excluding carboxylic acids is 2. The largest absolute Gasteiger partial charge is 0.388 e. The number of Topliss-reactive ketones (excluding diaryl/α,β-unsaturated/α-hetero) is 1. The Morgan fingerprint density at radius 3 is 2.55 bits per heavy atom. The maximum Gasteiger partial charge on any atom is 0.265 e. The average Bonchev–Trinajstić information content (AvgIpc) is 3.38. The van der Waals surface area contributed by atoms with E-state index in [1.165, 1.54) is 11.8 Å². The molecule has 0 fully saturated rings. The Morgan fingerprint density at radius 1 is 1.08 bits per heavy atom. The molecule has 3 aromatic carbocycles. The molecule has 192 valence electrons. The van der Waals surface area contributed by atoms with Crippen molar-refractivity contribution in [2.75, 3.05) is 24.3 Å². The number of ketones is 1. The van der Waals surface area contributed by atoms with Gasteiger partial charge in [-0.3, -0.25) is 9.59 Å². The van der Waals surface area contributed by atoms with Crippen molar-refractivity contribution in [3.05, 3.63) is 87.5 Å². The Morgan fingerprint density at radius 2 is 1.82 bits per heavy atom. The van der Waals surface area contributed by atoms with Gasteiger partial charge in [0.25, 0.3) is 5.01 Å². The van der Waals surface area contributed by atoms with Gasteiger partial charge in [0.15, 0.2) is 0 Å². The van der Waals surface area contributed by atoms with Gasteiger partial charge < -0.3 is 15.5 Å². The number of fused-ring (bicyclic) bond motifs is 2. The maximum absolute atomic E-state index is 13.0. The summed E-state index contributed by atoms with van der Waals surface area (Å²) in [5.74, 6) is -0.662. The summed E-state index contributed by atoms with van der Waals surface area (Å²) >= 11 is 9.68. The van der Waals surface area contributed by atoms with Crippen LogP contribution in [-0.2, 0) is 11.8 Å². The molecule has 0 spiro atoms. The van der Waals surface area contributed by atoms with E-state index >= 15 is 0 Å². The first-order valence-electron chi connectivity index (χ1n) is 11.8. The number of hydrogen-bond donors (Lipinski definition) is 2. The van der Waals surface area contributed by atoms with Crippen molar-refractivity contribution in [2.45, 2.75) is 11.8 Å². The van der Waals surface area contributed by atoms with E-state index in [0.717, 1.165) is 42.1 Å². The number of aryl methyl sites for hydroxylation is 1. The molecule has 2 heterocycles. The summed E-state index contributed by atoms with van der Waals surface area (Å²) in [4.78, 5) is 27.8. The zero-order chi connectivity index (χ0) is 27.1. The van der Waals surface area contributed by atoms with Crippen LogP contribution in [-0.4, -0.2) is 25.8 Å². The molecule has 1 amide bonds. The van der Waals surface area contributed by atoms with Gasteiger partial charge in [-0.25, -0.2) is 0 Å². The van der Waals surface area contributed by atoms with Crippen LogP contribution in [0, 0.1) is 0 Å². The van der Waals surface area contributed by atoms with Gasteiger partial charge in [-0.05, 0) is 47.5 Å². The van der Waals surface area contributed by atoms with Crippen LogP contribution >= 0.6 is 34.7 Å². The number of benzene rings is 3. The standard InChI is InChI=1S/C29H25ClN4O2S2/c1-16(32-17(2)35)29(36)21-12-18(6-9-22(21)31-3)19-7-10-25-23(13-19)33(4)27(37-25)15-28-34(5)24-14-20(30)8-11-26(24)38-28/h6-15H,1H2,2-5H3,(H-,31,32,35,36)/p+1. The zero-order valence-corrected chi connectivity index (χ0v) is 23.8. The summed E-state index contributed by atoms with van der Waals surface area (Å²) < 4.78 is 3.35. The smallest absolute Gasteiger partial charge is 0.265 e. The molecule has 0 bridgehead atoms. The number of allylic oxidation sites excluding steroid dienone is 1. The molecule has 0 aliphatic carbocycles. The van der Waals surface area contributed by atoms with E-state index in [4.69, 9.17) is 11.6 Å². The van der Waals surface area contributed by atoms with Gasteiger partial charge >= 0.3 is 0 Å². The van der Waals surface area contributed by atoms with Crippen LogP contribution in [0.5, 0.6) is 0 Å². The molecule has 38 heavy (non-hydrogen) atoms. The van der Waals surface area contributed by atoms with Gasteiger partial charge in [0.1, 0.15) is 11.7 Å². The van der Waals surface area contributed by atoms with E-state index in [0.29, 0.717) is 11.3 Å². The summed E-state index contributed by atoms with van der Waals surface area (Å²) in [5.41, 5.74) is 5.25. The summed E-state index contributed by atoms with van der Waals surface area (Å²) in [6.07, 6.45) is 2.20. The number of thioether (sulfide) groups is 1. The van der Waals surface area contributed by atoms with Crippen LogP contribution in [0.2, 0.25) is 5.02 Å². The monoisotopic (exact) mass is 561 g/mol. The number of nitrogens with zero attached hydrogens (tertiary/aromatic N) is 2. The molecule has 6 nitrogen and oxygen atoms in total. The number of amides is 1. The van der Waals surface area contributed by atoms with Gasteiger partial charge in [-0.2, -0.15) is 4.57 Å². The number of anilines is 2. The molecule has 1 aliphatic rings. The number of aromatic nitrogens is 1. The third-order valence-corrected chi connectivity index (χ3v) is 8.97. The number of carbonyl (C=O) groups is 2. The van der Waals surface area contributed by atoms with Crippen LogP contribution in [0.25, 0.3) is 27.4 Å². The SMILES string of the molecule is C=C(NC(C)=O)C(=O)c1cc(-c2ccc3sc(C=C4Sc5ccc(Cl)cc5N4C)[n+](C)c3c2)ccc1NC. The normalized spacial score (nSPS) is 13.6. The van der Waals surface area contributed by atoms with Crippen molar-refractivity contribution >= 4 is 74.1 Å². The van der Waals surface area contributed by atoms with Crippen LogP contribution in [0.4, 0.5) is 11.4 Å². The van der Waals surface area contributed by atoms with Crippen LogP contribution in [0.3, 0.4) is 0 Å². The Bertz CT molecular complexity index is 1670. The first kappa shape index (κ1) is 26.0. The highest BCUT2D eigenvalue weighted by Gasteiger charge is 2.25. The second-order valence-electron chi connectivity index (χ2n) is 8.94. The van der Waals surface area contributed by atoms with Crippen LogP contribution in [0.1, 0.15) is 22.3 Å². The lowest BCUT2D eigenvalue weighted by Crippen LogP contribution is -2.29. The fraction of sp³-hybridized carbons (Fsp3) is 0.138. The fourth-order valence-electron chi connectivity index (χ4n) is 4.40. The van der Waals surface area contributed by atoms with Crippen molar-refractivity contribution in [3.63, 3.8) is 0 Å². The van der Waals surface area contributed by atoms with Gasteiger partial charge in [0.2, 0.25) is 17.2 Å². The Balaban J connectivity index is 1.50. The summed E-state index contributed by atoms with van der Waals surface area (Å²) in [7, 11) is 5.88. The number of halogens is 1. The highest BCUT2D eigenvalue weighted by molar-refractivity contribution is 8.03. The Labute approximate surface area is 234 Å². The van der Waals surface area contributed by atoms with E-state index in [1.807, 2.05) is 30.3 Å². The molecule has 0 saturated carbocycles. The van der Waals surface area contributed by atoms with E-state index in [2.05, 4.69) is 71.1 Å². The minimum absolute atomic E-state index is 0.0442. The van der Waals surface area contributed by atoms with Crippen molar-refractivity contribution in [1.29, 1.82) is 0 Å². The summed E-state index contributed by atoms with van der Waals surface area (Å²) in [6.45, 7) is 5.09. The third kappa shape index (κ3) is 4.82. The van der Waals surface area contributed by atoms with Crippen molar-refractivity contribution < 1.29 is 14.2 Å². The summed E-state index contributed by atoms with van der Waals surface area (Å²) in [5, 5.41) is 8.54. The van der Waals surface area contributed by atoms with Crippen molar-refractivity contribution in [2.24, 2.45) is 7.05 Å². The second kappa shape index (κ2) is 10.3. The van der Waals surface area contributed by atoms with Gasteiger partial charge in [-0.1, -0.05) is 53.4 Å². The van der Waals surface area contributed by atoms with Crippen LogP contribution in [0.15, 0.2) is 76.8 Å². The van der Waals surface area contributed by atoms with Crippen molar-refractivity contribution in [1.82, 2.24) is 5.32 Å². The highest BCUT2D eigenvalue weighted by atomic mass is 35.5. The van der Waals surface area contributed by atoms with Crippen molar-refractivity contribution in [3.8, 4) is 11.1 Å². The molecule has 0 unspecified atom stereocenters. The molecule has 1 aliphatic heterocycles. The number of thiazole rings is 1. The van der Waals surface area contributed by atoms with E-state index < -0.39 is 0 Å². The van der Waals surface area contributed by atoms with E-state index in [-0.39, 0.29) is 17.4 Å². The lowest BCUT2D eigenvalue weighted by Gasteiger charge is -2.12. The van der Waals surface area contributed by atoms with Gasteiger partial charge in [-0.15, -0.1) is 0 Å². The first-order valence-corrected chi connectivity index (χ1v) is 13.9. The Hall–Kier alpha value is -3.59. The molecule has 9 heteroatoms. The molecule has 0 atom stereocenters. The minimum atomic E-state index is -0.332. The second-order valence-corrected chi connectivity index (χ2v) is 11.5. The molecule has 0 saturated heterocycles. The van der Waals surface area contributed by atoms with Gasteiger partial charge in [0, 0.05) is 48.3 Å². The lowest BCUT2D eigenvalue weighted by atomic mass is 9.98. The molecule has 4 aromatic rings. The molecule has 0 radical (unpaired) electrons. The zero-order valence-electron chi connectivity index (χ0n) is 21.4. The van der Waals surface area contributed by atoms with E-state index in [1.54, 1.807) is 30.1 Å².